The topological polar surface area (TPSA) is 80.3 Å². The minimum Gasteiger partial charge on any atom is -0.465 e. The Morgan fingerprint density at radius 1 is 1.00 bits per heavy atom. The molecule has 0 aliphatic carbocycles. The molecule has 0 radical (unpaired) electrons. The van der Waals surface area contributed by atoms with E-state index >= 15 is 0 Å². The number of esters is 1. The van der Waals surface area contributed by atoms with Gasteiger partial charge in [0.1, 0.15) is 17.3 Å². The molecule has 2 N–H and O–H groups in total. The summed E-state index contributed by atoms with van der Waals surface area (Å²) in [5.74, 6) is -2.82. The molecule has 2 aromatic carbocycles. The van der Waals surface area contributed by atoms with Crippen molar-refractivity contribution in [3.63, 3.8) is 0 Å². The van der Waals surface area contributed by atoms with Crippen molar-refractivity contribution in [2.75, 3.05) is 17.7 Å². The number of pyridine rings is 1. The quantitative estimate of drug-likeness (QED) is 0.647. The monoisotopic (exact) mass is 383 g/mol. The number of nitrogens with zero attached hydrogens (tertiary/aromatic N) is 1. The fourth-order valence-corrected chi connectivity index (χ4v) is 2.45. The number of nitrogens with one attached hydrogen (secondary N) is 2. The largest absolute Gasteiger partial charge is 0.465 e. The van der Waals surface area contributed by atoms with Crippen LogP contribution in [0.4, 0.5) is 25.8 Å². The number of carbonyl (C=O) groups is 2. The van der Waals surface area contributed by atoms with E-state index in [0.717, 1.165) is 12.1 Å². The van der Waals surface area contributed by atoms with Crippen LogP contribution in [-0.4, -0.2) is 24.0 Å². The number of methoxy groups -OCH3 is 1. The van der Waals surface area contributed by atoms with Gasteiger partial charge in [0.2, 0.25) is 0 Å². The first kappa shape index (κ1) is 19.0. The minimum absolute atomic E-state index is 0.00396. The van der Waals surface area contributed by atoms with Gasteiger partial charge >= 0.3 is 5.97 Å². The molecule has 1 heterocycles. The third-order valence-corrected chi connectivity index (χ3v) is 3.78. The Bertz CT molecular complexity index is 1040. The molecule has 0 atom stereocenters. The molecule has 0 bridgehead atoms. The second kappa shape index (κ2) is 8.26. The number of carbonyl (C=O) groups excluding carboxylic acids is 2. The van der Waals surface area contributed by atoms with Crippen molar-refractivity contribution in [3.05, 3.63) is 83.7 Å². The van der Waals surface area contributed by atoms with Gasteiger partial charge < -0.3 is 15.4 Å². The summed E-state index contributed by atoms with van der Waals surface area (Å²) in [5, 5.41) is 5.36. The van der Waals surface area contributed by atoms with E-state index in [1.54, 1.807) is 30.3 Å². The zero-order chi connectivity index (χ0) is 20.1. The van der Waals surface area contributed by atoms with Crippen molar-refractivity contribution in [3.8, 4) is 0 Å². The first-order valence-corrected chi connectivity index (χ1v) is 8.15. The maximum atomic E-state index is 13.7. The lowest BCUT2D eigenvalue weighted by Gasteiger charge is -2.11. The van der Waals surface area contributed by atoms with Crippen LogP contribution in [0.2, 0.25) is 0 Å². The first-order valence-electron chi connectivity index (χ1n) is 8.15. The molecule has 0 aliphatic rings. The average molecular weight is 383 g/mol. The molecule has 3 rings (SSSR count). The lowest BCUT2D eigenvalue weighted by Crippen LogP contribution is -2.15. The molecule has 3 aromatic rings. The highest BCUT2D eigenvalue weighted by Gasteiger charge is 2.14. The van der Waals surface area contributed by atoms with E-state index in [2.05, 4.69) is 15.6 Å². The van der Waals surface area contributed by atoms with E-state index in [-0.39, 0.29) is 11.4 Å². The van der Waals surface area contributed by atoms with Gasteiger partial charge in [0.25, 0.3) is 5.91 Å². The molecular formula is C20H15F2N3O3. The van der Waals surface area contributed by atoms with Crippen molar-refractivity contribution in [2.24, 2.45) is 0 Å². The van der Waals surface area contributed by atoms with Crippen LogP contribution in [0.15, 0.2) is 60.8 Å². The van der Waals surface area contributed by atoms with Gasteiger partial charge in [-0.05, 0) is 36.4 Å². The van der Waals surface area contributed by atoms with Gasteiger partial charge in [0.15, 0.2) is 0 Å². The number of aromatic nitrogens is 1. The van der Waals surface area contributed by atoms with Crippen LogP contribution in [0.1, 0.15) is 20.8 Å². The van der Waals surface area contributed by atoms with Crippen molar-refractivity contribution < 1.29 is 23.1 Å². The standard InChI is InChI=1S/C20H15F2N3O3/c1-28-20(27)14-4-2-3-5-16(14)24-13-8-9-23-18(11-13)19(26)25-17-7-6-12(21)10-15(17)22/h2-11H,1H3,(H,23,24)(H,25,26). The molecule has 1 amide bonds. The predicted molar refractivity (Wildman–Crippen MR) is 99.6 cm³/mol. The summed E-state index contributed by atoms with van der Waals surface area (Å²) in [5.41, 5.74) is 1.13. The summed E-state index contributed by atoms with van der Waals surface area (Å²) in [7, 11) is 1.28. The summed E-state index contributed by atoms with van der Waals surface area (Å²) in [6.45, 7) is 0. The Morgan fingerprint density at radius 3 is 2.54 bits per heavy atom. The second-order valence-electron chi connectivity index (χ2n) is 5.67. The fourth-order valence-electron chi connectivity index (χ4n) is 2.45. The second-order valence-corrected chi connectivity index (χ2v) is 5.67. The fraction of sp³-hybridized carbons (Fsp3) is 0.0500. The van der Waals surface area contributed by atoms with Gasteiger partial charge in [-0.3, -0.25) is 9.78 Å². The normalized spacial score (nSPS) is 10.2. The number of para-hydroxylation sites is 1. The number of amides is 1. The summed E-state index contributed by atoms with van der Waals surface area (Å²) in [6.07, 6.45) is 1.39. The summed E-state index contributed by atoms with van der Waals surface area (Å²) in [6, 6.07) is 12.6. The van der Waals surface area contributed by atoms with Gasteiger partial charge in [-0.15, -0.1) is 0 Å². The van der Waals surface area contributed by atoms with E-state index in [9.17, 15) is 18.4 Å². The van der Waals surface area contributed by atoms with Gasteiger partial charge in [-0.25, -0.2) is 13.6 Å². The molecular weight excluding hydrogens is 368 g/mol. The average Bonchev–Trinajstić information content (AvgIpc) is 2.70. The molecule has 28 heavy (non-hydrogen) atoms. The lowest BCUT2D eigenvalue weighted by molar-refractivity contribution is 0.0601. The maximum Gasteiger partial charge on any atom is 0.339 e. The highest BCUT2D eigenvalue weighted by molar-refractivity contribution is 6.03. The van der Waals surface area contributed by atoms with E-state index in [4.69, 9.17) is 4.74 Å². The van der Waals surface area contributed by atoms with E-state index in [1.165, 1.54) is 19.4 Å². The molecule has 6 nitrogen and oxygen atoms in total. The number of hydrogen-bond donors (Lipinski definition) is 2. The summed E-state index contributed by atoms with van der Waals surface area (Å²) < 4.78 is 31.4. The molecule has 1 aromatic heterocycles. The van der Waals surface area contributed by atoms with Gasteiger partial charge in [-0.1, -0.05) is 12.1 Å². The van der Waals surface area contributed by atoms with Crippen LogP contribution < -0.4 is 10.6 Å². The maximum absolute atomic E-state index is 13.7. The molecule has 0 spiro atoms. The molecule has 0 fully saturated rings. The Hall–Kier alpha value is -3.81. The van der Waals surface area contributed by atoms with Crippen LogP contribution >= 0.6 is 0 Å². The van der Waals surface area contributed by atoms with Crippen LogP contribution in [0.5, 0.6) is 0 Å². The van der Waals surface area contributed by atoms with Crippen LogP contribution in [0.25, 0.3) is 0 Å². The minimum atomic E-state index is -0.894. The van der Waals surface area contributed by atoms with Gasteiger partial charge in [0.05, 0.1) is 24.0 Å². The first-order chi connectivity index (χ1) is 13.5. The zero-order valence-electron chi connectivity index (χ0n) is 14.7. The number of benzene rings is 2. The predicted octanol–water partition coefficient (Wildman–Crippen LogP) is 4.14. The molecule has 0 unspecified atom stereocenters. The van der Waals surface area contributed by atoms with Crippen LogP contribution in [0, 0.1) is 11.6 Å². The Kier molecular flexibility index (Phi) is 5.59. The highest BCUT2D eigenvalue weighted by Crippen LogP contribution is 2.22. The number of ether oxygens (including phenoxy) is 1. The molecule has 0 saturated heterocycles. The summed E-state index contributed by atoms with van der Waals surface area (Å²) in [4.78, 5) is 28.2. The van der Waals surface area contributed by atoms with Gasteiger partial charge in [-0.2, -0.15) is 0 Å². The van der Waals surface area contributed by atoms with E-state index in [1.807, 2.05) is 0 Å². The Labute approximate surface area is 159 Å². The Balaban J connectivity index is 1.81. The molecule has 142 valence electrons. The summed E-state index contributed by atoms with van der Waals surface area (Å²) >= 11 is 0. The molecule has 8 heteroatoms. The third-order valence-electron chi connectivity index (χ3n) is 3.78. The lowest BCUT2D eigenvalue weighted by atomic mass is 10.1. The van der Waals surface area contributed by atoms with Crippen LogP contribution in [0.3, 0.4) is 0 Å². The molecule has 0 aliphatic heterocycles. The highest BCUT2D eigenvalue weighted by atomic mass is 19.1. The van der Waals surface area contributed by atoms with Gasteiger partial charge in [0, 0.05) is 18.0 Å². The van der Waals surface area contributed by atoms with Crippen molar-refractivity contribution in [1.82, 2.24) is 4.98 Å². The molecule has 0 saturated carbocycles. The number of anilines is 3. The number of hydrogen-bond acceptors (Lipinski definition) is 5. The van der Waals surface area contributed by atoms with Crippen molar-refractivity contribution >= 4 is 28.9 Å². The number of rotatable bonds is 5. The smallest absolute Gasteiger partial charge is 0.339 e. The van der Waals surface area contributed by atoms with Crippen molar-refractivity contribution in [1.29, 1.82) is 0 Å². The van der Waals surface area contributed by atoms with E-state index in [0.29, 0.717) is 23.0 Å². The van der Waals surface area contributed by atoms with Crippen LogP contribution in [-0.2, 0) is 4.74 Å². The number of halogens is 2. The third kappa shape index (κ3) is 4.29. The zero-order valence-corrected chi connectivity index (χ0v) is 14.7. The Morgan fingerprint density at radius 2 is 1.79 bits per heavy atom. The SMILES string of the molecule is COC(=O)c1ccccc1Nc1ccnc(C(=O)Nc2ccc(F)cc2F)c1. The van der Waals surface area contributed by atoms with Crippen molar-refractivity contribution in [2.45, 2.75) is 0 Å². The van der Waals surface area contributed by atoms with E-state index < -0.39 is 23.5 Å².